The Hall–Kier alpha value is -3.72. The second-order valence-electron chi connectivity index (χ2n) is 9.49. The molecule has 0 aliphatic rings. The highest BCUT2D eigenvalue weighted by molar-refractivity contribution is 7.92. The van der Waals surface area contributed by atoms with Crippen LogP contribution < -0.4 is 9.62 Å². The van der Waals surface area contributed by atoms with E-state index in [9.17, 15) is 22.4 Å². The number of aryl methyl sites for hydroxylation is 1. The Morgan fingerprint density at radius 1 is 0.897 bits per heavy atom. The Morgan fingerprint density at radius 2 is 1.51 bits per heavy atom. The molecule has 0 aliphatic carbocycles. The number of anilines is 1. The summed E-state index contributed by atoms with van der Waals surface area (Å²) in [6.07, 6.45) is 1.07. The zero-order chi connectivity index (χ0) is 28.6. The van der Waals surface area contributed by atoms with Crippen LogP contribution in [0.5, 0.6) is 0 Å². The van der Waals surface area contributed by atoms with Gasteiger partial charge in [-0.15, -0.1) is 0 Å². The number of amides is 2. The second kappa shape index (κ2) is 13.4. The third-order valence-corrected chi connectivity index (χ3v) is 8.50. The van der Waals surface area contributed by atoms with Crippen LogP contribution in [0.2, 0.25) is 0 Å². The van der Waals surface area contributed by atoms with Crippen LogP contribution in [0.1, 0.15) is 44.7 Å². The fraction of sp³-hybridized carbons (Fsp3) is 0.333. The van der Waals surface area contributed by atoms with Crippen molar-refractivity contribution in [3.8, 4) is 0 Å². The summed E-state index contributed by atoms with van der Waals surface area (Å²) < 4.78 is 42.0. The fourth-order valence-electron chi connectivity index (χ4n) is 4.19. The minimum absolute atomic E-state index is 0.0818. The average molecular weight is 554 g/mol. The molecule has 0 saturated heterocycles. The Balaban J connectivity index is 2.04. The lowest BCUT2D eigenvalue weighted by molar-refractivity contribution is -0.140. The van der Waals surface area contributed by atoms with Gasteiger partial charge in [0.05, 0.1) is 10.6 Å². The zero-order valence-corrected chi connectivity index (χ0v) is 23.6. The Morgan fingerprint density at radius 3 is 2.10 bits per heavy atom. The first-order valence-corrected chi connectivity index (χ1v) is 14.5. The number of benzene rings is 3. The highest BCUT2D eigenvalue weighted by Crippen LogP contribution is 2.25. The lowest BCUT2D eigenvalue weighted by Gasteiger charge is -2.34. The van der Waals surface area contributed by atoms with Crippen molar-refractivity contribution in [2.45, 2.75) is 64.1 Å². The molecule has 3 aromatic carbocycles. The lowest BCUT2D eigenvalue weighted by atomic mass is 10.1. The highest BCUT2D eigenvalue weighted by Gasteiger charge is 2.34. The summed E-state index contributed by atoms with van der Waals surface area (Å²) in [7, 11) is -4.24. The van der Waals surface area contributed by atoms with Crippen molar-refractivity contribution in [3.05, 3.63) is 95.8 Å². The maximum Gasteiger partial charge on any atom is 0.264 e. The molecule has 9 heteroatoms. The first-order valence-electron chi connectivity index (χ1n) is 13.1. The topological polar surface area (TPSA) is 86.8 Å². The summed E-state index contributed by atoms with van der Waals surface area (Å²) in [5.41, 5.74) is 2.09. The van der Waals surface area contributed by atoms with E-state index in [1.54, 1.807) is 30.3 Å². The molecule has 39 heavy (non-hydrogen) atoms. The number of hydrogen-bond donors (Lipinski definition) is 1. The minimum Gasteiger partial charge on any atom is -0.352 e. The van der Waals surface area contributed by atoms with Gasteiger partial charge >= 0.3 is 0 Å². The Kier molecular flexibility index (Phi) is 10.2. The fourth-order valence-corrected chi connectivity index (χ4v) is 5.60. The third kappa shape index (κ3) is 7.44. The molecule has 0 saturated carbocycles. The molecule has 7 nitrogen and oxygen atoms in total. The van der Waals surface area contributed by atoms with E-state index in [0.717, 1.165) is 34.0 Å². The molecule has 0 aliphatic heterocycles. The molecule has 0 heterocycles. The smallest absolute Gasteiger partial charge is 0.264 e. The van der Waals surface area contributed by atoms with E-state index in [0.29, 0.717) is 6.42 Å². The van der Waals surface area contributed by atoms with E-state index in [1.807, 2.05) is 52.0 Å². The number of para-hydroxylation sites is 1. The van der Waals surface area contributed by atoms with Crippen LogP contribution >= 0.6 is 0 Å². The lowest BCUT2D eigenvalue weighted by Crippen LogP contribution is -2.53. The molecule has 0 radical (unpaired) electrons. The molecule has 0 spiro atoms. The maximum atomic E-state index is 14.0. The number of sulfonamides is 1. The summed E-state index contributed by atoms with van der Waals surface area (Å²) in [5.74, 6) is -1.39. The van der Waals surface area contributed by atoms with E-state index in [2.05, 4.69) is 5.32 Å². The van der Waals surface area contributed by atoms with Crippen molar-refractivity contribution in [2.24, 2.45) is 0 Å². The molecule has 3 aromatic rings. The first-order chi connectivity index (χ1) is 18.6. The number of hydrogen-bond acceptors (Lipinski definition) is 4. The highest BCUT2D eigenvalue weighted by atomic mass is 32.2. The molecule has 0 fully saturated rings. The van der Waals surface area contributed by atoms with E-state index >= 15 is 0 Å². The van der Waals surface area contributed by atoms with E-state index in [1.165, 1.54) is 17.0 Å². The monoisotopic (exact) mass is 553 g/mol. The van der Waals surface area contributed by atoms with E-state index < -0.39 is 34.3 Å². The number of carbonyl (C=O) groups is 2. The maximum absolute atomic E-state index is 14.0. The normalized spacial score (nSPS) is 12.8. The quantitative estimate of drug-likeness (QED) is 0.340. The van der Waals surface area contributed by atoms with E-state index in [4.69, 9.17) is 0 Å². The number of nitrogens with zero attached hydrogens (tertiary/aromatic N) is 2. The average Bonchev–Trinajstić information content (AvgIpc) is 2.93. The van der Waals surface area contributed by atoms with Crippen molar-refractivity contribution >= 4 is 27.5 Å². The summed E-state index contributed by atoms with van der Waals surface area (Å²) in [4.78, 5) is 28.6. The number of nitrogens with one attached hydrogen (secondary N) is 1. The van der Waals surface area contributed by atoms with Gasteiger partial charge < -0.3 is 10.2 Å². The molecule has 1 N–H and O–H groups in total. The van der Waals surface area contributed by atoms with Crippen molar-refractivity contribution < 1.29 is 22.4 Å². The molecule has 3 rings (SSSR count). The Labute approximate surface area is 230 Å². The van der Waals surface area contributed by atoms with Crippen LogP contribution in [-0.2, 0) is 26.2 Å². The van der Waals surface area contributed by atoms with Gasteiger partial charge in [0.15, 0.2) is 0 Å². The van der Waals surface area contributed by atoms with Crippen LogP contribution in [0.4, 0.5) is 10.1 Å². The van der Waals surface area contributed by atoms with Gasteiger partial charge in [-0.05, 0) is 74.2 Å². The van der Waals surface area contributed by atoms with Crippen molar-refractivity contribution in [1.82, 2.24) is 10.2 Å². The standard InChI is InChI=1S/C30H36FN3O4S/c1-5-23(4)32-30(36)28(6-2)33(20-24-13-11-10-12-22(24)3)29(35)21-34(26-14-8-7-9-15-26)39(37,38)27-18-16-25(31)17-19-27/h7-19,23,28H,5-6,20-21H2,1-4H3,(H,32,36)/t23-,28+/m0/s1. The van der Waals surface area contributed by atoms with Crippen LogP contribution in [0, 0.1) is 12.7 Å². The van der Waals surface area contributed by atoms with Gasteiger partial charge in [-0.25, -0.2) is 12.8 Å². The SMILES string of the molecule is CC[C@H](C(=O)N[C@@H](C)CC)N(Cc1ccccc1C)C(=O)CN(c1ccccc1)S(=O)(=O)c1ccc(F)cc1. The van der Waals surface area contributed by atoms with Gasteiger partial charge in [0.25, 0.3) is 10.0 Å². The van der Waals surface area contributed by atoms with Gasteiger partial charge in [0, 0.05) is 12.6 Å². The first kappa shape index (κ1) is 29.8. The van der Waals surface area contributed by atoms with Crippen LogP contribution in [-0.4, -0.2) is 43.8 Å². The van der Waals surface area contributed by atoms with E-state index in [-0.39, 0.29) is 29.1 Å². The molecular formula is C30H36FN3O4S. The summed E-state index contributed by atoms with van der Waals surface area (Å²) >= 11 is 0. The zero-order valence-electron chi connectivity index (χ0n) is 22.8. The van der Waals surface area contributed by atoms with Gasteiger partial charge in [0.2, 0.25) is 11.8 Å². The van der Waals surface area contributed by atoms with Crippen molar-refractivity contribution in [2.75, 3.05) is 10.8 Å². The summed E-state index contributed by atoms with van der Waals surface area (Å²) in [6, 6.07) is 19.4. The molecule has 2 atom stereocenters. The predicted octanol–water partition coefficient (Wildman–Crippen LogP) is 5.05. The number of carbonyl (C=O) groups excluding carboxylic acids is 2. The van der Waals surface area contributed by atoms with Crippen molar-refractivity contribution in [1.29, 1.82) is 0 Å². The predicted molar refractivity (Wildman–Crippen MR) is 151 cm³/mol. The molecule has 208 valence electrons. The second-order valence-corrected chi connectivity index (χ2v) is 11.4. The molecule has 0 unspecified atom stereocenters. The largest absolute Gasteiger partial charge is 0.352 e. The molecular weight excluding hydrogens is 517 g/mol. The number of rotatable bonds is 12. The molecule has 0 bridgehead atoms. The molecule has 0 aromatic heterocycles. The van der Waals surface area contributed by atoms with Gasteiger partial charge in [-0.3, -0.25) is 13.9 Å². The van der Waals surface area contributed by atoms with Gasteiger partial charge in [-0.2, -0.15) is 0 Å². The molecule has 2 amide bonds. The van der Waals surface area contributed by atoms with Gasteiger partial charge in [0.1, 0.15) is 18.4 Å². The summed E-state index contributed by atoms with van der Waals surface area (Å²) in [6.45, 7) is 7.20. The Bertz CT molecular complexity index is 1360. The van der Waals surface area contributed by atoms with Crippen LogP contribution in [0.25, 0.3) is 0 Å². The number of halogens is 1. The minimum atomic E-state index is -4.24. The summed E-state index contributed by atoms with van der Waals surface area (Å²) in [5, 5.41) is 2.96. The van der Waals surface area contributed by atoms with Crippen LogP contribution in [0.3, 0.4) is 0 Å². The van der Waals surface area contributed by atoms with Crippen LogP contribution in [0.15, 0.2) is 83.8 Å². The van der Waals surface area contributed by atoms with Gasteiger partial charge in [-0.1, -0.05) is 56.3 Å². The third-order valence-electron chi connectivity index (χ3n) is 6.71. The van der Waals surface area contributed by atoms with Crippen molar-refractivity contribution in [3.63, 3.8) is 0 Å².